The molecule has 1 aliphatic rings. The van der Waals surface area contributed by atoms with Crippen molar-refractivity contribution in [3.63, 3.8) is 0 Å². The first-order valence-electron chi connectivity index (χ1n) is 12.2. The van der Waals surface area contributed by atoms with Gasteiger partial charge >= 0.3 is 12.1 Å². The number of nitrogens with zero attached hydrogens (tertiary/aromatic N) is 1. The van der Waals surface area contributed by atoms with Gasteiger partial charge in [-0.2, -0.15) is 0 Å². The highest BCUT2D eigenvalue weighted by molar-refractivity contribution is 6.99. The van der Waals surface area contributed by atoms with Gasteiger partial charge in [-0.1, -0.05) is 81.4 Å². The summed E-state index contributed by atoms with van der Waals surface area (Å²) in [6.07, 6.45) is -0.605. The van der Waals surface area contributed by atoms with Gasteiger partial charge in [-0.3, -0.25) is 9.69 Å². The van der Waals surface area contributed by atoms with Gasteiger partial charge in [0.15, 0.2) is 0 Å². The average molecular weight is 498 g/mol. The fraction of sp³-hybridized carbons (Fsp3) is 0.500. The van der Waals surface area contributed by atoms with Crippen LogP contribution in [0.1, 0.15) is 61.8 Å². The number of carbonyl (C=O) groups is 2. The summed E-state index contributed by atoms with van der Waals surface area (Å²) in [6.45, 7) is 15.6. The monoisotopic (exact) mass is 497 g/mol. The summed E-state index contributed by atoms with van der Waals surface area (Å²) >= 11 is 0. The molecule has 1 amide bonds. The Kier molecular flexibility index (Phi) is 7.53. The van der Waals surface area contributed by atoms with E-state index in [1.54, 1.807) is 4.90 Å². The fourth-order valence-corrected chi connectivity index (χ4v) is 9.75. The second-order valence-electron chi connectivity index (χ2n) is 11.5. The Hall–Kier alpha value is -2.64. The summed E-state index contributed by atoms with van der Waals surface area (Å²) in [5, 5.41) is 1.94. The molecule has 0 radical (unpaired) electrons. The van der Waals surface area contributed by atoms with Gasteiger partial charge in [-0.05, 0) is 43.1 Å². The summed E-state index contributed by atoms with van der Waals surface area (Å²) in [6, 6.07) is 20.6. The van der Waals surface area contributed by atoms with Crippen molar-refractivity contribution in [2.45, 2.75) is 84.3 Å². The van der Waals surface area contributed by atoms with E-state index in [0.29, 0.717) is 6.42 Å². The van der Waals surface area contributed by atoms with Gasteiger partial charge in [0.2, 0.25) is 0 Å². The second-order valence-corrected chi connectivity index (χ2v) is 15.7. The fourth-order valence-electron chi connectivity index (χ4n) is 4.97. The summed E-state index contributed by atoms with van der Waals surface area (Å²) in [5.41, 5.74) is -1.72. The second kappa shape index (κ2) is 9.78. The molecule has 1 heterocycles. The lowest BCUT2D eigenvalue weighted by atomic mass is 10.1. The van der Waals surface area contributed by atoms with Gasteiger partial charge in [0.05, 0.1) is 6.54 Å². The lowest BCUT2D eigenvalue weighted by Gasteiger charge is -2.49. The van der Waals surface area contributed by atoms with Gasteiger partial charge < -0.3 is 13.9 Å². The molecule has 0 spiro atoms. The highest BCUT2D eigenvalue weighted by Crippen LogP contribution is 2.43. The van der Waals surface area contributed by atoms with Crippen LogP contribution in [-0.4, -0.2) is 49.3 Å². The first-order chi connectivity index (χ1) is 16.2. The summed E-state index contributed by atoms with van der Waals surface area (Å²) < 4.78 is 18.7. The molecule has 1 aliphatic heterocycles. The number of hydrogen-bond donors (Lipinski definition) is 0. The molecule has 190 valence electrons. The molecule has 7 heteroatoms. The molecular formula is C28H39NO5Si. The number of esters is 1. The van der Waals surface area contributed by atoms with Crippen molar-refractivity contribution in [3.05, 3.63) is 60.7 Å². The van der Waals surface area contributed by atoms with Crippen LogP contribution in [0.4, 0.5) is 4.79 Å². The van der Waals surface area contributed by atoms with Crippen molar-refractivity contribution in [2.75, 3.05) is 6.54 Å². The Balaban J connectivity index is 2.18. The molecule has 0 aliphatic carbocycles. The van der Waals surface area contributed by atoms with Gasteiger partial charge in [0.25, 0.3) is 8.32 Å². The maximum absolute atomic E-state index is 13.4. The highest BCUT2D eigenvalue weighted by atomic mass is 28.4. The molecular weight excluding hydrogens is 458 g/mol. The first kappa shape index (κ1) is 27.0. The number of carbonyl (C=O) groups excluding carboxylic acids is 2. The van der Waals surface area contributed by atoms with Gasteiger partial charge in [-0.15, -0.1) is 0 Å². The minimum absolute atomic E-state index is 0.212. The van der Waals surface area contributed by atoms with E-state index in [2.05, 4.69) is 45.0 Å². The largest absolute Gasteiger partial charge is 0.460 e. The Morgan fingerprint density at radius 3 is 1.80 bits per heavy atom. The Bertz CT molecular complexity index is 989. The number of ether oxygens (including phenoxy) is 2. The molecule has 2 aromatic rings. The van der Waals surface area contributed by atoms with Crippen LogP contribution in [0.25, 0.3) is 0 Å². The number of rotatable bonds is 5. The lowest BCUT2D eigenvalue weighted by molar-refractivity contribution is -0.145. The van der Waals surface area contributed by atoms with Gasteiger partial charge in [0, 0.05) is 13.3 Å². The maximum atomic E-state index is 13.4. The van der Waals surface area contributed by atoms with E-state index < -0.39 is 31.8 Å². The maximum Gasteiger partial charge on any atom is 0.412 e. The van der Waals surface area contributed by atoms with Gasteiger partial charge in [-0.25, -0.2) is 4.79 Å². The van der Waals surface area contributed by atoms with Crippen LogP contribution < -0.4 is 10.4 Å². The predicted molar refractivity (Wildman–Crippen MR) is 140 cm³/mol. The van der Waals surface area contributed by atoms with Gasteiger partial charge in [0.1, 0.15) is 17.4 Å². The highest BCUT2D eigenvalue weighted by Gasteiger charge is 2.58. The van der Waals surface area contributed by atoms with Crippen molar-refractivity contribution in [2.24, 2.45) is 0 Å². The van der Waals surface area contributed by atoms with Crippen LogP contribution in [0.3, 0.4) is 0 Å². The molecule has 2 atom stereocenters. The third-order valence-corrected chi connectivity index (χ3v) is 11.5. The van der Waals surface area contributed by atoms with E-state index in [1.807, 2.05) is 64.1 Å². The normalized spacial score (nSPS) is 21.0. The zero-order chi connectivity index (χ0) is 26.1. The summed E-state index contributed by atoms with van der Waals surface area (Å²) in [5.74, 6) is -0.381. The standard InChI is InChI=1S/C28H39NO5Si/c1-21(30)32-22-19-28(8,29(20-22)25(31)33-26(2,3)4)34-35(27(5,6)7,23-15-11-9-12-16-23)24-17-13-10-14-18-24/h9-18,22H,19-20H2,1-8H3/t22-,28-/m0/s1. The average Bonchev–Trinajstić information content (AvgIpc) is 3.06. The minimum atomic E-state index is -2.99. The molecule has 0 N–H and O–H groups in total. The third kappa shape index (κ3) is 5.78. The van der Waals surface area contributed by atoms with E-state index in [9.17, 15) is 9.59 Å². The van der Waals surface area contributed by atoms with Crippen LogP contribution in [0.2, 0.25) is 5.04 Å². The molecule has 1 saturated heterocycles. The number of amides is 1. The lowest BCUT2D eigenvalue weighted by Crippen LogP contribution is -2.71. The molecule has 0 saturated carbocycles. The summed E-state index contributed by atoms with van der Waals surface area (Å²) in [7, 11) is -2.99. The Morgan fingerprint density at radius 1 is 0.914 bits per heavy atom. The molecule has 3 rings (SSSR count). The van der Waals surface area contributed by atoms with Crippen molar-refractivity contribution < 1.29 is 23.5 Å². The van der Waals surface area contributed by atoms with Crippen molar-refractivity contribution in [1.82, 2.24) is 4.90 Å². The van der Waals surface area contributed by atoms with Crippen molar-refractivity contribution in [1.29, 1.82) is 0 Å². The molecule has 0 aromatic heterocycles. The van der Waals surface area contributed by atoms with Crippen molar-refractivity contribution in [3.8, 4) is 0 Å². The van der Waals surface area contributed by atoms with Crippen LogP contribution >= 0.6 is 0 Å². The Morgan fingerprint density at radius 2 is 1.40 bits per heavy atom. The zero-order valence-corrected chi connectivity index (χ0v) is 23.3. The number of benzene rings is 2. The molecule has 0 unspecified atom stereocenters. The molecule has 35 heavy (non-hydrogen) atoms. The van der Waals surface area contributed by atoms with Crippen LogP contribution in [-0.2, 0) is 18.7 Å². The zero-order valence-electron chi connectivity index (χ0n) is 22.3. The van der Waals surface area contributed by atoms with Crippen LogP contribution in [0.15, 0.2) is 60.7 Å². The predicted octanol–water partition coefficient (Wildman–Crippen LogP) is 4.85. The topological polar surface area (TPSA) is 65.1 Å². The SMILES string of the molecule is CC(=O)O[C@@H]1CN(C(=O)OC(C)(C)C)[C@@](C)(O[Si](c2ccccc2)(c2ccccc2)C(C)(C)C)C1. The Labute approximate surface area is 210 Å². The van der Waals surface area contributed by atoms with E-state index in [1.165, 1.54) is 6.92 Å². The smallest absolute Gasteiger partial charge is 0.412 e. The third-order valence-electron chi connectivity index (χ3n) is 6.30. The van der Waals surface area contributed by atoms with E-state index in [-0.39, 0.29) is 17.6 Å². The van der Waals surface area contributed by atoms with E-state index in [0.717, 1.165) is 10.4 Å². The molecule has 6 nitrogen and oxygen atoms in total. The quantitative estimate of drug-likeness (QED) is 0.436. The molecule has 0 bridgehead atoms. The first-order valence-corrected chi connectivity index (χ1v) is 14.1. The number of hydrogen-bond acceptors (Lipinski definition) is 5. The molecule has 1 fully saturated rings. The van der Waals surface area contributed by atoms with Crippen LogP contribution in [0, 0.1) is 0 Å². The summed E-state index contributed by atoms with van der Waals surface area (Å²) in [4.78, 5) is 26.8. The minimum Gasteiger partial charge on any atom is -0.460 e. The van der Waals surface area contributed by atoms with Crippen molar-refractivity contribution >= 4 is 30.8 Å². The molecule has 2 aromatic carbocycles. The number of likely N-dealkylation sites (tertiary alicyclic amines) is 1. The van der Waals surface area contributed by atoms with E-state index in [4.69, 9.17) is 13.9 Å². The van der Waals surface area contributed by atoms with E-state index >= 15 is 0 Å². The van der Waals surface area contributed by atoms with Crippen LogP contribution in [0.5, 0.6) is 0 Å².